The highest BCUT2D eigenvalue weighted by atomic mass is 32.2. The number of hydrogen-bond donors (Lipinski definition) is 3. The Hall–Kier alpha value is -3.40. The second kappa shape index (κ2) is 13.3. The number of carbonyl (C=O) groups excluding carboxylic acids is 1. The van der Waals surface area contributed by atoms with Gasteiger partial charge in [0.1, 0.15) is 23.8 Å². The summed E-state index contributed by atoms with van der Waals surface area (Å²) in [5.41, 5.74) is 1.55. The van der Waals surface area contributed by atoms with Crippen LogP contribution in [-0.4, -0.2) is 44.9 Å². The zero-order chi connectivity index (χ0) is 28.6. The second-order valence-electron chi connectivity index (χ2n) is 10.4. The lowest BCUT2D eigenvalue weighted by atomic mass is 10.0. The van der Waals surface area contributed by atoms with Gasteiger partial charge in [-0.2, -0.15) is 0 Å². The molecular formula is C31H38N2O6S. The average molecular weight is 567 g/mol. The summed E-state index contributed by atoms with van der Waals surface area (Å²) in [5.74, 6) is 0.354. The summed E-state index contributed by atoms with van der Waals surface area (Å²) < 4.78 is 37.6. The number of carbonyl (C=O) groups is 1. The third-order valence-electron chi connectivity index (χ3n) is 6.96. The lowest BCUT2D eigenvalue weighted by molar-refractivity contribution is 0.0169. The van der Waals surface area contributed by atoms with E-state index < -0.39 is 21.7 Å². The predicted molar refractivity (Wildman–Crippen MR) is 156 cm³/mol. The highest BCUT2D eigenvalue weighted by Crippen LogP contribution is 2.31. The highest BCUT2D eigenvalue weighted by Gasteiger charge is 2.22. The first-order valence-electron chi connectivity index (χ1n) is 13.7. The Kier molecular flexibility index (Phi) is 9.84. The van der Waals surface area contributed by atoms with Crippen LogP contribution in [0.15, 0.2) is 72.8 Å². The lowest BCUT2D eigenvalue weighted by Gasteiger charge is -2.25. The fraction of sp³-hybridized carbons (Fsp3) is 0.387. The standard InChI is InChI=1S/C31H38N2O6S/c1-31(35,25-10-6-5-7-11-25)32-20-21-38-26-17-14-23(15-18-26)24-16-19-28(30(34)33-40(2,36)37)29(22-24)39-27-12-8-3-4-9-13-27/h5-7,10-11,14-19,22,27,32,35H,3-4,8-9,12-13,20-21H2,1-2H3,(H,33,34)/t31-/m0/s1. The number of sulfonamides is 1. The van der Waals surface area contributed by atoms with Crippen LogP contribution in [0.2, 0.25) is 0 Å². The van der Waals surface area contributed by atoms with E-state index >= 15 is 0 Å². The first-order chi connectivity index (χ1) is 19.1. The van der Waals surface area contributed by atoms with E-state index in [1.807, 2.05) is 54.6 Å². The number of hydrogen-bond acceptors (Lipinski definition) is 7. The van der Waals surface area contributed by atoms with E-state index in [1.54, 1.807) is 25.1 Å². The molecule has 8 nitrogen and oxygen atoms in total. The Balaban J connectivity index is 1.43. The first kappa shape index (κ1) is 29.6. The molecule has 4 rings (SSSR count). The molecule has 0 bridgehead atoms. The Labute approximate surface area is 236 Å². The van der Waals surface area contributed by atoms with Crippen LogP contribution in [0, 0.1) is 0 Å². The maximum atomic E-state index is 12.7. The molecule has 0 aliphatic heterocycles. The smallest absolute Gasteiger partial charge is 0.268 e. The van der Waals surface area contributed by atoms with Crippen LogP contribution in [0.5, 0.6) is 11.5 Å². The van der Waals surface area contributed by atoms with E-state index in [4.69, 9.17) is 9.47 Å². The summed E-state index contributed by atoms with van der Waals surface area (Å²) in [6, 6.07) is 22.2. The molecule has 1 fully saturated rings. The van der Waals surface area contributed by atoms with Gasteiger partial charge in [0.2, 0.25) is 10.0 Å². The van der Waals surface area contributed by atoms with Crippen molar-refractivity contribution in [2.45, 2.75) is 57.3 Å². The third-order valence-corrected chi connectivity index (χ3v) is 7.52. The van der Waals surface area contributed by atoms with Crippen LogP contribution in [0.3, 0.4) is 0 Å². The molecule has 0 spiro atoms. The van der Waals surface area contributed by atoms with Gasteiger partial charge in [0, 0.05) is 6.54 Å². The van der Waals surface area contributed by atoms with Crippen molar-refractivity contribution in [3.05, 3.63) is 83.9 Å². The highest BCUT2D eigenvalue weighted by molar-refractivity contribution is 7.89. The molecule has 0 saturated heterocycles. The number of rotatable bonds is 11. The monoisotopic (exact) mass is 566 g/mol. The van der Waals surface area contributed by atoms with Gasteiger partial charge in [0.25, 0.3) is 5.91 Å². The van der Waals surface area contributed by atoms with Gasteiger partial charge in [-0.05, 0) is 73.6 Å². The van der Waals surface area contributed by atoms with Crippen molar-refractivity contribution in [2.75, 3.05) is 19.4 Å². The predicted octanol–water partition coefficient (Wildman–Crippen LogP) is 4.98. The molecule has 1 aliphatic carbocycles. The summed E-state index contributed by atoms with van der Waals surface area (Å²) in [6.45, 7) is 2.52. The summed E-state index contributed by atoms with van der Waals surface area (Å²) in [4.78, 5) is 12.7. The minimum atomic E-state index is -3.71. The molecule has 3 aromatic carbocycles. The van der Waals surface area contributed by atoms with E-state index in [0.29, 0.717) is 24.7 Å². The molecule has 9 heteroatoms. The van der Waals surface area contributed by atoms with Gasteiger partial charge < -0.3 is 14.6 Å². The maximum Gasteiger partial charge on any atom is 0.268 e. The van der Waals surface area contributed by atoms with E-state index in [-0.39, 0.29) is 11.7 Å². The van der Waals surface area contributed by atoms with Crippen molar-refractivity contribution in [3.63, 3.8) is 0 Å². The molecule has 0 heterocycles. The summed E-state index contributed by atoms with van der Waals surface area (Å²) in [5, 5.41) is 13.8. The molecular weight excluding hydrogens is 528 g/mol. The van der Waals surface area contributed by atoms with Crippen LogP contribution in [0.4, 0.5) is 0 Å². The van der Waals surface area contributed by atoms with Crippen LogP contribution >= 0.6 is 0 Å². The summed E-state index contributed by atoms with van der Waals surface area (Å²) in [7, 11) is -3.71. The second-order valence-corrected chi connectivity index (χ2v) is 12.1. The molecule has 3 N–H and O–H groups in total. The van der Waals surface area contributed by atoms with Gasteiger partial charge >= 0.3 is 0 Å². The summed E-state index contributed by atoms with van der Waals surface area (Å²) >= 11 is 0. The van der Waals surface area contributed by atoms with Crippen molar-refractivity contribution >= 4 is 15.9 Å². The fourth-order valence-corrected chi connectivity index (χ4v) is 5.27. The minimum absolute atomic E-state index is 0.0189. The molecule has 0 unspecified atom stereocenters. The molecule has 1 saturated carbocycles. The molecule has 214 valence electrons. The first-order valence-corrected chi connectivity index (χ1v) is 15.6. The van der Waals surface area contributed by atoms with E-state index in [0.717, 1.165) is 61.5 Å². The number of aliphatic hydroxyl groups is 1. The molecule has 1 amide bonds. The number of nitrogens with one attached hydrogen (secondary N) is 2. The topological polar surface area (TPSA) is 114 Å². The number of ether oxygens (including phenoxy) is 2. The van der Waals surface area contributed by atoms with Crippen molar-refractivity contribution in [1.82, 2.24) is 10.0 Å². The van der Waals surface area contributed by atoms with Gasteiger partial charge in [0.15, 0.2) is 0 Å². The Morgan fingerprint density at radius 2 is 1.60 bits per heavy atom. The van der Waals surface area contributed by atoms with Crippen molar-refractivity contribution < 1.29 is 27.8 Å². The normalized spacial score (nSPS) is 16.0. The van der Waals surface area contributed by atoms with Gasteiger partial charge in [0.05, 0.1) is 17.9 Å². The van der Waals surface area contributed by atoms with Crippen molar-refractivity contribution in [2.24, 2.45) is 0 Å². The van der Waals surface area contributed by atoms with Crippen LogP contribution in [0.1, 0.15) is 61.4 Å². The van der Waals surface area contributed by atoms with E-state index in [1.165, 1.54) is 0 Å². The van der Waals surface area contributed by atoms with E-state index in [9.17, 15) is 18.3 Å². The molecule has 40 heavy (non-hydrogen) atoms. The average Bonchev–Trinajstić information content (AvgIpc) is 3.20. The number of amides is 1. The summed E-state index contributed by atoms with van der Waals surface area (Å²) in [6.07, 6.45) is 7.20. The van der Waals surface area contributed by atoms with Crippen LogP contribution < -0.4 is 19.5 Å². The molecule has 0 radical (unpaired) electrons. The Morgan fingerprint density at radius 1 is 0.950 bits per heavy atom. The van der Waals surface area contributed by atoms with E-state index in [2.05, 4.69) is 10.0 Å². The maximum absolute atomic E-state index is 12.7. The Bertz CT molecular complexity index is 1370. The SMILES string of the molecule is C[C@@](O)(NCCOc1ccc(-c2ccc(C(=O)NS(C)(=O)=O)c(OC3CCCCCC3)c2)cc1)c1ccccc1. The zero-order valence-electron chi connectivity index (χ0n) is 23.1. The van der Waals surface area contributed by atoms with Gasteiger partial charge in [-0.15, -0.1) is 0 Å². The zero-order valence-corrected chi connectivity index (χ0v) is 23.9. The quantitative estimate of drug-likeness (QED) is 0.170. The largest absolute Gasteiger partial charge is 0.492 e. The van der Waals surface area contributed by atoms with Gasteiger partial charge in [-0.25, -0.2) is 13.1 Å². The molecule has 1 aliphatic rings. The van der Waals surface area contributed by atoms with Crippen molar-refractivity contribution in [1.29, 1.82) is 0 Å². The van der Waals surface area contributed by atoms with Gasteiger partial charge in [-0.1, -0.05) is 61.4 Å². The van der Waals surface area contributed by atoms with Crippen LogP contribution in [-0.2, 0) is 15.7 Å². The fourth-order valence-electron chi connectivity index (χ4n) is 4.82. The third kappa shape index (κ3) is 8.55. The minimum Gasteiger partial charge on any atom is -0.492 e. The number of benzene rings is 3. The van der Waals surface area contributed by atoms with Gasteiger partial charge in [-0.3, -0.25) is 10.1 Å². The van der Waals surface area contributed by atoms with Crippen molar-refractivity contribution in [3.8, 4) is 22.6 Å². The van der Waals surface area contributed by atoms with Crippen LogP contribution in [0.25, 0.3) is 11.1 Å². The molecule has 3 aromatic rings. The lowest BCUT2D eigenvalue weighted by Crippen LogP contribution is -2.41. The Morgan fingerprint density at radius 3 is 2.25 bits per heavy atom. The molecule has 1 atom stereocenters. The molecule has 0 aromatic heterocycles.